The lowest BCUT2D eigenvalue weighted by Crippen LogP contribution is -1.89. The molecule has 12 heavy (non-hydrogen) atoms. The number of rotatable bonds is 1. The van der Waals surface area contributed by atoms with Gasteiger partial charge in [-0.3, -0.25) is 4.40 Å². The third-order valence-electron chi connectivity index (χ3n) is 1.48. The van der Waals surface area contributed by atoms with Crippen LogP contribution >= 0.6 is 11.6 Å². The molecule has 0 unspecified atom stereocenters. The van der Waals surface area contributed by atoms with E-state index in [-0.39, 0.29) is 0 Å². The van der Waals surface area contributed by atoms with Crippen LogP contribution < -0.4 is 0 Å². The highest BCUT2D eigenvalue weighted by Gasteiger charge is 2.01. The predicted octanol–water partition coefficient (Wildman–Crippen LogP) is 1.61. The van der Waals surface area contributed by atoms with E-state index in [1.807, 2.05) is 0 Å². The van der Waals surface area contributed by atoms with Gasteiger partial charge in [0.15, 0.2) is 0 Å². The maximum atomic E-state index is 12.6. The van der Waals surface area contributed by atoms with Crippen LogP contribution in [0.15, 0.2) is 18.5 Å². The van der Waals surface area contributed by atoms with Crippen molar-refractivity contribution in [1.29, 1.82) is 0 Å². The molecule has 5 heteroatoms. The highest BCUT2D eigenvalue weighted by molar-refractivity contribution is 6.16. The van der Waals surface area contributed by atoms with Crippen molar-refractivity contribution in [3.05, 3.63) is 30.1 Å². The fourth-order valence-electron chi connectivity index (χ4n) is 0.965. The van der Waals surface area contributed by atoms with E-state index < -0.39 is 5.95 Å². The standard InChI is InChI=1S/C7H5ClFN3/c8-3-5-4-12-2-1-6(9)11-7(12)10-5/h1-2,4H,3H2. The van der Waals surface area contributed by atoms with Crippen LogP contribution in [0.3, 0.4) is 0 Å². The average Bonchev–Trinajstić information content (AvgIpc) is 2.46. The van der Waals surface area contributed by atoms with Crippen molar-refractivity contribution < 1.29 is 4.39 Å². The van der Waals surface area contributed by atoms with Gasteiger partial charge in [0.1, 0.15) is 0 Å². The lowest BCUT2D eigenvalue weighted by molar-refractivity contribution is 0.583. The predicted molar refractivity (Wildman–Crippen MR) is 42.5 cm³/mol. The van der Waals surface area contributed by atoms with Gasteiger partial charge >= 0.3 is 0 Å². The molecule has 2 heterocycles. The molecule has 0 aliphatic rings. The van der Waals surface area contributed by atoms with E-state index in [4.69, 9.17) is 11.6 Å². The highest BCUT2D eigenvalue weighted by Crippen LogP contribution is 2.05. The highest BCUT2D eigenvalue weighted by atomic mass is 35.5. The van der Waals surface area contributed by atoms with Gasteiger partial charge in [-0.05, 0) is 0 Å². The van der Waals surface area contributed by atoms with Gasteiger partial charge in [0.2, 0.25) is 11.7 Å². The number of fused-ring (bicyclic) bond motifs is 1. The molecule has 2 aromatic rings. The average molecular weight is 186 g/mol. The first kappa shape index (κ1) is 7.49. The number of hydrogen-bond donors (Lipinski definition) is 0. The zero-order valence-electron chi connectivity index (χ0n) is 6.04. The first-order chi connectivity index (χ1) is 5.79. The van der Waals surface area contributed by atoms with Crippen molar-refractivity contribution in [2.75, 3.05) is 0 Å². The Hall–Kier alpha value is -1.16. The smallest absolute Gasteiger partial charge is 0.236 e. The molecule has 0 spiro atoms. The summed E-state index contributed by atoms with van der Waals surface area (Å²) in [6.07, 6.45) is 3.27. The van der Waals surface area contributed by atoms with Crippen LogP contribution in [0, 0.1) is 5.95 Å². The Kier molecular flexibility index (Phi) is 1.69. The molecule has 2 rings (SSSR count). The van der Waals surface area contributed by atoms with Crippen molar-refractivity contribution in [2.45, 2.75) is 5.88 Å². The van der Waals surface area contributed by atoms with Crippen molar-refractivity contribution in [3.8, 4) is 0 Å². The second kappa shape index (κ2) is 2.71. The molecule has 0 fully saturated rings. The number of aromatic nitrogens is 3. The van der Waals surface area contributed by atoms with Gasteiger partial charge in [-0.15, -0.1) is 11.6 Å². The Morgan fingerprint density at radius 3 is 3.08 bits per heavy atom. The Morgan fingerprint density at radius 1 is 1.50 bits per heavy atom. The van der Waals surface area contributed by atoms with Crippen LogP contribution in [0.1, 0.15) is 5.69 Å². The SMILES string of the molecule is Fc1ccn2cc(CCl)nc2n1. The van der Waals surface area contributed by atoms with Gasteiger partial charge < -0.3 is 0 Å². The van der Waals surface area contributed by atoms with Crippen LogP contribution in [-0.2, 0) is 5.88 Å². The third kappa shape index (κ3) is 1.14. The van der Waals surface area contributed by atoms with E-state index in [0.717, 1.165) is 0 Å². The molecule has 3 nitrogen and oxygen atoms in total. The molecular weight excluding hydrogens is 181 g/mol. The van der Waals surface area contributed by atoms with Crippen molar-refractivity contribution in [1.82, 2.24) is 14.4 Å². The largest absolute Gasteiger partial charge is 0.291 e. The summed E-state index contributed by atoms with van der Waals surface area (Å²) in [5.41, 5.74) is 0.690. The van der Waals surface area contributed by atoms with Gasteiger partial charge in [0.25, 0.3) is 0 Å². The molecule has 0 saturated heterocycles. The normalized spacial score (nSPS) is 10.8. The third-order valence-corrected chi connectivity index (χ3v) is 1.75. The van der Waals surface area contributed by atoms with Crippen LogP contribution in [0.2, 0.25) is 0 Å². The summed E-state index contributed by atoms with van der Waals surface area (Å²) in [7, 11) is 0. The lowest BCUT2D eigenvalue weighted by atomic mass is 10.6. The van der Waals surface area contributed by atoms with E-state index in [9.17, 15) is 4.39 Å². The number of hydrogen-bond acceptors (Lipinski definition) is 2. The van der Waals surface area contributed by atoms with Crippen molar-refractivity contribution >= 4 is 17.4 Å². The summed E-state index contributed by atoms with van der Waals surface area (Å²) in [5.74, 6) is 0.116. The molecule has 0 aliphatic heterocycles. The minimum atomic E-state index is -0.533. The maximum Gasteiger partial charge on any atom is 0.236 e. The van der Waals surface area contributed by atoms with Crippen molar-refractivity contribution in [2.24, 2.45) is 0 Å². The van der Waals surface area contributed by atoms with Crippen LogP contribution in [0.4, 0.5) is 4.39 Å². The van der Waals surface area contributed by atoms with E-state index in [2.05, 4.69) is 9.97 Å². The summed E-state index contributed by atoms with van der Waals surface area (Å²) in [5, 5.41) is 0. The molecule has 0 bridgehead atoms. The fourth-order valence-corrected chi connectivity index (χ4v) is 1.09. The number of imidazole rings is 1. The first-order valence-corrected chi connectivity index (χ1v) is 3.89. The summed E-state index contributed by atoms with van der Waals surface area (Å²) < 4.78 is 14.2. The minimum Gasteiger partial charge on any atom is -0.291 e. The van der Waals surface area contributed by atoms with Gasteiger partial charge in [0.05, 0.1) is 11.6 Å². The van der Waals surface area contributed by atoms with Gasteiger partial charge in [-0.1, -0.05) is 0 Å². The van der Waals surface area contributed by atoms with Gasteiger partial charge in [0, 0.05) is 18.5 Å². The zero-order valence-corrected chi connectivity index (χ0v) is 6.79. The Balaban J connectivity index is 2.67. The fraction of sp³-hybridized carbons (Fsp3) is 0.143. The lowest BCUT2D eigenvalue weighted by Gasteiger charge is -1.88. The second-order valence-corrected chi connectivity index (χ2v) is 2.59. The van der Waals surface area contributed by atoms with E-state index in [0.29, 0.717) is 17.4 Å². The van der Waals surface area contributed by atoms with Gasteiger partial charge in [-0.25, -0.2) is 4.98 Å². The van der Waals surface area contributed by atoms with Crippen LogP contribution in [-0.4, -0.2) is 14.4 Å². The number of nitrogens with zero attached hydrogens (tertiary/aromatic N) is 3. The second-order valence-electron chi connectivity index (χ2n) is 2.32. The van der Waals surface area contributed by atoms with Gasteiger partial charge in [-0.2, -0.15) is 9.37 Å². The van der Waals surface area contributed by atoms with E-state index >= 15 is 0 Å². The molecule has 0 aliphatic carbocycles. The number of halogens is 2. The molecule has 0 amide bonds. The van der Waals surface area contributed by atoms with E-state index in [1.54, 1.807) is 16.8 Å². The Bertz CT molecular complexity index is 412. The molecule has 2 aromatic heterocycles. The number of alkyl halides is 1. The summed E-state index contributed by atoms with van der Waals surface area (Å²) in [6.45, 7) is 0. The monoisotopic (exact) mass is 185 g/mol. The molecule has 0 atom stereocenters. The molecule has 0 aromatic carbocycles. The molecule has 62 valence electrons. The zero-order chi connectivity index (χ0) is 8.55. The Morgan fingerprint density at radius 2 is 2.33 bits per heavy atom. The first-order valence-electron chi connectivity index (χ1n) is 3.35. The van der Waals surface area contributed by atoms with Crippen LogP contribution in [0.5, 0.6) is 0 Å². The minimum absolute atomic E-state index is 0.310. The van der Waals surface area contributed by atoms with E-state index in [1.165, 1.54) is 6.07 Å². The van der Waals surface area contributed by atoms with Crippen molar-refractivity contribution in [3.63, 3.8) is 0 Å². The Labute approximate surface area is 72.8 Å². The molecule has 0 N–H and O–H groups in total. The molecule has 0 radical (unpaired) electrons. The quantitative estimate of drug-likeness (QED) is 0.499. The summed E-state index contributed by atoms with van der Waals surface area (Å²) in [4.78, 5) is 7.54. The van der Waals surface area contributed by atoms with Crippen LogP contribution in [0.25, 0.3) is 5.78 Å². The topological polar surface area (TPSA) is 30.2 Å². The molecule has 0 saturated carbocycles. The summed E-state index contributed by atoms with van der Waals surface area (Å²) >= 11 is 5.54. The maximum absolute atomic E-state index is 12.6. The summed E-state index contributed by atoms with van der Waals surface area (Å²) in [6, 6.07) is 1.27. The molecular formula is C7H5ClFN3.